The van der Waals surface area contributed by atoms with E-state index in [1.165, 1.54) is 77.2 Å². The molecule has 0 spiro atoms. The Morgan fingerprint density at radius 3 is 1.47 bits per heavy atom. The van der Waals surface area contributed by atoms with Crippen LogP contribution in [-0.4, -0.2) is 0 Å². The van der Waals surface area contributed by atoms with Gasteiger partial charge in [-0.15, -0.1) is 0 Å². The predicted molar refractivity (Wildman–Crippen MR) is 244 cm³/mol. The first-order chi connectivity index (χ1) is 28.8. The summed E-state index contributed by atoms with van der Waals surface area (Å²) in [6.45, 7) is 0. The second-order valence-corrected chi connectivity index (χ2v) is 15.2. The van der Waals surface area contributed by atoms with Gasteiger partial charge in [0.25, 0.3) is 0 Å². The van der Waals surface area contributed by atoms with Crippen LogP contribution in [-0.2, 0) is 5.41 Å². The highest BCUT2D eigenvalue weighted by atomic mass is 15.1. The normalized spacial score (nSPS) is 12.6. The second kappa shape index (κ2) is 13.9. The number of fused-ring (bicyclic) bond motifs is 6. The van der Waals surface area contributed by atoms with E-state index in [0.717, 1.165) is 17.1 Å². The van der Waals surface area contributed by atoms with Crippen LogP contribution in [0.4, 0.5) is 17.1 Å². The molecule has 0 saturated carbocycles. The number of anilines is 3. The minimum absolute atomic E-state index is 0.593. The smallest absolute Gasteiger partial charge is 0.0720 e. The second-order valence-electron chi connectivity index (χ2n) is 15.2. The van der Waals surface area contributed by atoms with Crippen molar-refractivity contribution in [1.29, 1.82) is 0 Å². The molecule has 1 aliphatic carbocycles. The van der Waals surface area contributed by atoms with Crippen LogP contribution in [0.5, 0.6) is 0 Å². The molecule has 0 amide bonds. The molecule has 11 rings (SSSR count). The van der Waals surface area contributed by atoms with E-state index >= 15 is 0 Å². The molecule has 0 atom stereocenters. The van der Waals surface area contributed by atoms with Gasteiger partial charge in [-0.1, -0.05) is 194 Å². The molecule has 0 aromatic heterocycles. The Morgan fingerprint density at radius 2 is 0.793 bits per heavy atom. The van der Waals surface area contributed by atoms with Crippen LogP contribution in [0.1, 0.15) is 22.3 Å². The molecule has 0 fully saturated rings. The Bertz CT molecular complexity index is 3040. The van der Waals surface area contributed by atoms with Gasteiger partial charge in [-0.05, 0) is 120 Å². The zero-order chi connectivity index (χ0) is 38.5. The molecule has 10 aromatic rings. The summed E-state index contributed by atoms with van der Waals surface area (Å²) in [6, 6.07) is 86.9. The van der Waals surface area contributed by atoms with E-state index in [1.807, 2.05) is 0 Å². The molecule has 1 nitrogen and oxygen atoms in total. The fourth-order valence-electron chi connectivity index (χ4n) is 9.54. The molecule has 1 aliphatic rings. The molecule has 0 heterocycles. The van der Waals surface area contributed by atoms with Gasteiger partial charge in [0.05, 0.1) is 5.41 Å². The summed E-state index contributed by atoms with van der Waals surface area (Å²) in [4.78, 5) is 2.43. The summed E-state index contributed by atoms with van der Waals surface area (Å²) >= 11 is 0. The monoisotopic (exact) mass is 737 g/mol. The summed E-state index contributed by atoms with van der Waals surface area (Å²) in [7, 11) is 0. The van der Waals surface area contributed by atoms with Gasteiger partial charge in [-0.2, -0.15) is 0 Å². The molecule has 0 saturated heterocycles. The van der Waals surface area contributed by atoms with Crippen molar-refractivity contribution >= 4 is 38.6 Å². The highest BCUT2D eigenvalue weighted by molar-refractivity contribution is 6.08. The number of hydrogen-bond acceptors (Lipinski definition) is 1. The highest BCUT2D eigenvalue weighted by Crippen LogP contribution is 2.60. The van der Waals surface area contributed by atoms with Crippen LogP contribution in [0, 0.1) is 0 Å². The molecule has 0 unspecified atom stereocenters. The molecule has 0 N–H and O–H groups in total. The number of benzene rings is 10. The Hall–Kier alpha value is -7.48. The van der Waals surface area contributed by atoms with Gasteiger partial charge in [0, 0.05) is 17.1 Å². The lowest BCUT2D eigenvalue weighted by Gasteiger charge is -2.35. The number of hydrogen-bond donors (Lipinski definition) is 0. The summed E-state index contributed by atoms with van der Waals surface area (Å²) < 4.78 is 0. The van der Waals surface area contributed by atoms with E-state index in [4.69, 9.17) is 0 Å². The molecule has 58 heavy (non-hydrogen) atoms. The Labute approximate surface area is 339 Å². The largest absolute Gasteiger partial charge is 0.310 e. The SMILES string of the molecule is c1ccc(-c2ccc(N(c3ccc4c(c3)C(c3ccccc3)(c3ccccc3)c3c-4cc(-c4ccccc4)c4ccccc34)c3ccc4ccccc4c3)cc2)cc1. The van der Waals surface area contributed by atoms with E-state index in [2.05, 4.69) is 241 Å². The lowest BCUT2D eigenvalue weighted by Crippen LogP contribution is -2.29. The Balaban J connectivity index is 1.21. The number of nitrogens with zero attached hydrogens (tertiary/aromatic N) is 1. The average Bonchev–Trinajstić information content (AvgIpc) is 3.61. The van der Waals surface area contributed by atoms with Gasteiger partial charge in [0.2, 0.25) is 0 Å². The average molecular weight is 738 g/mol. The molecule has 10 aromatic carbocycles. The van der Waals surface area contributed by atoms with Gasteiger partial charge in [-0.3, -0.25) is 0 Å². The summed E-state index contributed by atoms with van der Waals surface area (Å²) in [6.07, 6.45) is 0. The third-order valence-electron chi connectivity index (χ3n) is 12.1. The van der Waals surface area contributed by atoms with Crippen LogP contribution in [0.15, 0.2) is 237 Å². The van der Waals surface area contributed by atoms with E-state index in [-0.39, 0.29) is 0 Å². The first-order valence-electron chi connectivity index (χ1n) is 20.1. The third-order valence-corrected chi connectivity index (χ3v) is 12.1. The molecule has 0 radical (unpaired) electrons. The maximum absolute atomic E-state index is 2.48. The molecule has 272 valence electrons. The molecule has 0 aliphatic heterocycles. The van der Waals surface area contributed by atoms with Crippen molar-refractivity contribution in [2.75, 3.05) is 4.90 Å². The van der Waals surface area contributed by atoms with Gasteiger partial charge in [0.15, 0.2) is 0 Å². The van der Waals surface area contributed by atoms with E-state index in [9.17, 15) is 0 Å². The van der Waals surface area contributed by atoms with Crippen LogP contribution < -0.4 is 4.90 Å². The fraction of sp³-hybridized carbons (Fsp3) is 0.0175. The predicted octanol–water partition coefficient (Wildman–Crippen LogP) is 15.2. The molecular weight excluding hydrogens is 699 g/mol. The third kappa shape index (κ3) is 5.39. The van der Waals surface area contributed by atoms with Gasteiger partial charge in [-0.25, -0.2) is 0 Å². The Kier molecular flexibility index (Phi) is 8.12. The van der Waals surface area contributed by atoms with Crippen molar-refractivity contribution in [3.05, 3.63) is 259 Å². The maximum Gasteiger partial charge on any atom is 0.0720 e. The van der Waals surface area contributed by atoms with E-state index < -0.39 is 5.41 Å². The molecular formula is C57H39N. The lowest BCUT2D eigenvalue weighted by molar-refractivity contribution is 0.775. The highest BCUT2D eigenvalue weighted by Gasteiger charge is 2.48. The van der Waals surface area contributed by atoms with Crippen molar-refractivity contribution in [3.63, 3.8) is 0 Å². The van der Waals surface area contributed by atoms with Crippen LogP contribution in [0.3, 0.4) is 0 Å². The first kappa shape index (κ1) is 33.8. The Morgan fingerprint density at radius 1 is 0.293 bits per heavy atom. The van der Waals surface area contributed by atoms with Crippen LogP contribution >= 0.6 is 0 Å². The minimum atomic E-state index is -0.593. The van der Waals surface area contributed by atoms with Crippen LogP contribution in [0.2, 0.25) is 0 Å². The quantitative estimate of drug-likeness (QED) is 0.157. The first-order valence-corrected chi connectivity index (χ1v) is 20.1. The maximum atomic E-state index is 2.48. The van der Waals surface area contributed by atoms with Crippen LogP contribution in [0.25, 0.3) is 54.9 Å². The van der Waals surface area contributed by atoms with Gasteiger partial charge >= 0.3 is 0 Å². The van der Waals surface area contributed by atoms with Gasteiger partial charge in [0.1, 0.15) is 0 Å². The zero-order valence-electron chi connectivity index (χ0n) is 32.0. The topological polar surface area (TPSA) is 3.24 Å². The van der Waals surface area contributed by atoms with E-state index in [1.54, 1.807) is 0 Å². The summed E-state index contributed by atoms with van der Waals surface area (Å²) in [5.74, 6) is 0. The van der Waals surface area contributed by atoms with E-state index in [0.29, 0.717) is 0 Å². The number of rotatable bonds is 7. The summed E-state index contributed by atoms with van der Waals surface area (Å²) in [5.41, 5.74) is 15.2. The standard InChI is InChI=1S/C57H39N/c1-5-17-40(18-6-1)42-29-32-47(33-30-42)58(48-34-31-41-19-13-14-22-44(41)37-48)49-35-36-51-54-39-53(43-20-7-2-8-21-43)50-27-15-16-28-52(50)56(54)57(55(51)38-49,45-23-9-3-10-24-45)46-25-11-4-12-26-46/h1-39H. The molecule has 0 bridgehead atoms. The zero-order valence-corrected chi connectivity index (χ0v) is 32.0. The summed E-state index contributed by atoms with van der Waals surface area (Å²) in [5, 5.41) is 4.96. The minimum Gasteiger partial charge on any atom is -0.310 e. The van der Waals surface area contributed by atoms with Gasteiger partial charge < -0.3 is 4.90 Å². The van der Waals surface area contributed by atoms with Crippen molar-refractivity contribution in [2.24, 2.45) is 0 Å². The lowest BCUT2D eigenvalue weighted by atomic mass is 9.66. The van der Waals surface area contributed by atoms with Crippen molar-refractivity contribution in [3.8, 4) is 33.4 Å². The fourth-order valence-corrected chi connectivity index (χ4v) is 9.54. The van der Waals surface area contributed by atoms with Crippen molar-refractivity contribution < 1.29 is 0 Å². The van der Waals surface area contributed by atoms with Crippen molar-refractivity contribution in [2.45, 2.75) is 5.41 Å². The molecule has 1 heteroatoms. The van der Waals surface area contributed by atoms with Crippen molar-refractivity contribution in [1.82, 2.24) is 0 Å².